The zero-order chi connectivity index (χ0) is 23.6. The Kier molecular flexibility index (Phi) is 9.69. The van der Waals surface area contributed by atoms with Gasteiger partial charge in [-0.2, -0.15) is 0 Å². The van der Waals surface area contributed by atoms with Gasteiger partial charge < -0.3 is 15.2 Å². The molecule has 6 nitrogen and oxygen atoms in total. The van der Waals surface area contributed by atoms with E-state index in [-0.39, 0.29) is 17.4 Å². The SMILES string of the molecule is CCCc1c(OCCC(C)(C)C(=O)NCCCCc2cccnc2)ccc(C(C)=O)c1O. The number of carbonyl (C=O) groups is 2. The van der Waals surface area contributed by atoms with Crippen molar-refractivity contribution < 1.29 is 19.4 Å². The number of hydrogen-bond acceptors (Lipinski definition) is 5. The van der Waals surface area contributed by atoms with Crippen LogP contribution in [0.1, 0.15) is 74.9 Å². The van der Waals surface area contributed by atoms with E-state index in [0.717, 1.165) is 25.7 Å². The van der Waals surface area contributed by atoms with Crippen molar-refractivity contribution in [3.05, 3.63) is 53.3 Å². The highest BCUT2D eigenvalue weighted by Crippen LogP contribution is 2.33. The van der Waals surface area contributed by atoms with Crippen molar-refractivity contribution in [3.8, 4) is 11.5 Å². The number of carbonyl (C=O) groups excluding carboxylic acids is 2. The first kappa shape index (κ1) is 25.4. The molecule has 2 N–H and O–H groups in total. The van der Waals surface area contributed by atoms with Crippen molar-refractivity contribution in [3.63, 3.8) is 0 Å². The van der Waals surface area contributed by atoms with Crippen LogP contribution in [0, 0.1) is 5.41 Å². The maximum atomic E-state index is 12.6. The Morgan fingerprint density at radius 1 is 1.16 bits per heavy atom. The maximum absolute atomic E-state index is 12.6. The summed E-state index contributed by atoms with van der Waals surface area (Å²) in [5, 5.41) is 13.5. The second kappa shape index (κ2) is 12.2. The Morgan fingerprint density at radius 2 is 1.94 bits per heavy atom. The third-order valence-electron chi connectivity index (χ3n) is 5.62. The Balaban J connectivity index is 1.81. The molecule has 174 valence electrons. The summed E-state index contributed by atoms with van der Waals surface area (Å²) in [6.45, 7) is 8.25. The molecule has 0 fully saturated rings. The van der Waals surface area contributed by atoms with Gasteiger partial charge in [0.05, 0.1) is 12.2 Å². The van der Waals surface area contributed by atoms with Gasteiger partial charge in [0.1, 0.15) is 11.5 Å². The first-order valence-corrected chi connectivity index (χ1v) is 11.4. The maximum Gasteiger partial charge on any atom is 0.225 e. The first-order chi connectivity index (χ1) is 15.3. The third kappa shape index (κ3) is 7.36. The minimum absolute atomic E-state index is 0.000127. The molecule has 0 bridgehead atoms. The highest BCUT2D eigenvalue weighted by atomic mass is 16.5. The molecule has 1 amide bonds. The van der Waals surface area contributed by atoms with Crippen molar-refractivity contribution in [1.82, 2.24) is 10.3 Å². The van der Waals surface area contributed by atoms with Gasteiger partial charge >= 0.3 is 0 Å². The molecule has 32 heavy (non-hydrogen) atoms. The van der Waals surface area contributed by atoms with E-state index >= 15 is 0 Å². The molecule has 1 aromatic heterocycles. The number of unbranched alkanes of at least 4 members (excludes halogenated alkanes) is 1. The second-order valence-corrected chi connectivity index (χ2v) is 8.80. The molecule has 2 rings (SSSR count). The van der Waals surface area contributed by atoms with E-state index in [9.17, 15) is 14.7 Å². The number of nitrogens with zero attached hydrogens (tertiary/aromatic N) is 1. The molecular weight excluding hydrogens is 404 g/mol. The van der Waals surface area contributed by atoms with E-state index in [1.807, 2.05) is 33.0 Å². The molecule has 0 radical (unpaired) electrons. The molecule has 0 aliphatic carbocycles. The summed E-state index contributed by atoms with van der Waals surface area (Å²) in [4.78, 5) is 28.5. The van der Waals surface area contributed by atoms with Crippen molar-refractivity contribution in [2.75, 3.05) is 13.2 Å². The topological polar surface area (TPSA) is 88.5 Å². The number of hydrogen-bond donors (Lipinski definition) is 2. The lowest BCUT2D eigenvalue weighted by atomic mass is 9.88. The number of aryl methyl sites for hydroxylation is 1. The van der Waals surface area contributed by atoms with E-state index in [0.29, 0.717) is 42.9 Å². The van der Waals surface area contributed by atoms with E-state index in [4.69, 9.17) is 4.74 Å². The second-order valence-electron chi connectivity index (χ2n) is 8.80. The smallest absolute Gasteiger partial charge is 0.225 e. The van der Waals surface area contributed by atoms with Gasteiger partial charge in [0, 0.05) is 29.9 Å². The van der Waals surface area contributed by atoms with Crippen molar-refractivity contribution in [2.45, 2.75) is 66.2 Å². The molecule has 0 unspecified atom stereocenters. The quantitative estimate of drug-likeness (QED) is 0.342. The van der Waals surface area contributed by atoms with Crippen LogP contribution in [-0.4, -0.2) is 34.9 Å². The first-order valence-electron chi connectivity index (χ1n) is 11.4. The number of aromatic nitrogens is 1. The standard InChI is InChI=1S/C26H36N2O4/c1-5-9-22-23(13-12-21(19(2)29)24(22)30)32-17-14-26(3,4)25(31)28-16-7-6-10-20-11-8-15-27-18-20/h8,11-13,15,18,30H,5-7,9-10,14,16-17H2,1-4H3,(H,28,31). The number of ketones is 1. The lowest BCUT2D eigenvalue weighted by Gasteiger charge is -2.24. The Bertz CT molecular complexity index is 894. The van der Waals surface area contributed by atoms with E-state index in [2.05, 4.69) is 16.4 Å². The Morgan fingerprint density at radius 3 is 2.59 bits per heavy atom. The number of phenolic OH excluding ortho intramolecular Hbond substituents is 1. The fourth-order valence-electron chi connectivity index (χ4n) is 3.50. The molecule has 0 atom stereocenters. The van der Waals surface area contributed by atoms with Crippen molar-refractivity contribution in [1.29, 1.82) is 0 Å². The molecule has 0 aliphatic heterocycles. The zero-order valence-electron chi connectivity index (χ0n) is 19.7. The van der Waals surface area contributed by atoms with Gasteiger partial charge in [0.25, 0.3) is 0 Å². The van der Waals surface area contributed by atoms with Crippen LogP contribution in [0.4, 0.5) is 0 Å². The highest BCUT2D eigenvalue weighted by molar-refractivity contribution is 5.97. The largest absolute Gasteiger partial charge is 0.507 e. The number of pyridine rings is 1. The van der Waals surface area contributed by atoms with Gasteiger partial charge in [0.15, 0.2) is 5.78 Å². The predicted octanol–water partition coefficient (Wildman–Crippen LogP) is 4.88. The van der Waals surface area contributed by atoms with Gasteiger partial charge in [-0.1, -0.05) is 33.3 Å². The van der Waals surface area contributed by atoms with Crippen LogP contribution >= 0.6 is 0 Å². The summed E-state index contributed by atoms with van der Waals surface area (Å²) in [6, 6.07) is 7.33. The van der Waals surface area contributed by atoms with Crippen LogP contribution in [0.2, 0.25) is 0 Å². The average molecular weight is 441 g/mol. The Labute approximate surface area is 191 Å². The molecule has 0 saturated heterocycles. The van der Waals surface area contributed by atoms with Gasteiger partial charge in [-0.25, -0.2) is 0 Å². The molecule has 2 aromatic rings. The lowest BCUT2D eigenvalue weighted by Crippen LogP contribution is -2.38. The van der Waals surface area contributed by atoms with Gasteiger partial charge in [-0.3, -0.25) is 14.6 Å². The number of phenols is 1. The highest BCUT2D eigenvalue weighted by Gasteiger charge is 2.27. The Hall–Kier alpha value is -2.89. The number of Topliss-reactive ketones (excluding diaryl/α,β-unsaturated/α-hetero) is 1. The van der Waals surface area contributed by atoms with Crippen molar-refractivity contribution in [2.24, 2.45) is 5.41 Å². The summed E-state index contributed by atoms with van der Waals surface area (Å²) in [6.07, 6.45) is 8.48. The molecule has 1 heterocycles. The molecule has 0 aliphatic rings. The third-order valence-corrected chi connectivity index (χ3v) is 5.62. The van der Waals surface area contributed by atoms with Crippen LogP contribution in [0.3, 0.4) is 0 Å². The average Bonchev–Trinajstić information content (AvgIpc) is 2.76. The predicted molar refractivity (Wildman–Crippen MR) is 126 cm³/mol. The number of benzene rings is 1. The lowest BCUT2D eigenvalue weighted by molar-refractivity contribution is -0.130. The minimum atomic E-state index is -0.574. The fraction of sp³-hybridized carbons (Fsp3) is 0.500. The number of ether oxygens (including phenoxy) is 1. The van der Waals surface area contributed by atoms with Gasteiger partial charge in [-0.15, -0.1) is 0 Å². The molecule has 1 aromatic carbocycles. The fourth-order valence-corrected chi connectivity index (χ4v) is 3.50. The van der Waals surface area contributed by atoms with E-state index in [1.54, 1.807) is 18.3 Å². The van der Waals surface area contributed by atoms with E-state index < -0.39 is 5.41 Å². The molecule has 6 heteroatoms. The normalized spacial score (nSPS) is 11.2. The number of rotatable bonds is 13. The molecular formula is C26H36N2O4. The summed E-state index contributed by atoms with van der Waals surface area (Å²) in [5.74, 6) is 0.400. The summed E-state index contributed by atoms with van der Waals surface area (Å²) >= 11 is 0. The number of amides is 1. The van der Waals surface area contributed by atoms with Crippen LogP contribution in [0.15, 0.2) is 36.7 Å². The molecule has 0 saturated carbocycles. The monoisotopic (exact) mass is 440 g/mol. The van der Waals surface area contributed by atoms with Crippen LogP contribution in [0.5, 0.6) is 11.5 Å². The zero-order valence-corrected chi connectivity index (χ0v) is 19.7. The summed E-state index contributed by atoms with van der Waals surface area (Å²) < 4.78 is 5.93. The summed E-state index contributed by atoms with van der Waals surface area (Å²) in [7, 11) is 0. The summed E-state index contributed by atoms with van der Waals surface area (Å²) in [5.41, 5.74) is 1.59. The van der Waals surface area contributed by atoms with Gasteiger partial charge in [-0.05, 0) is 62.8 Å². The van der Waals surface area contributed by atoms with Crippen LogP contribution < -0.4 is 10.1 Å². The number of nitrogens with one attached hydrogen (secondary N) is 1. The number of aromatic hydroxyl groups is 1. The van der Waals surface area contributed by atoms with Crippen LogP contribution in [-0.2, 0) is 17.6 Å². The van der Waals surface area contributed by atoms with Gasteiger partial charge in [0.2, 0.25) is 5.91 Å². The van der Waals surface area contributed by atoms with Crippen LogP contribution in [0.25, 0.3) is 0 Å². The minimum Gasteiger partial charge on any atom is -0.507 e. The molecule has 0 spiro atoms. The van der Waals surface area contributed by atoms with Crippen molar-refractivity contribution >= 4 is 11.7 Å². The van der Waals surface area contributed by atoms with E-state index in [1.165, 1.54) is 12.5 Å².